The van der Waals surface area contributed by atoms with E-state index in [4.69, 9.17) is 0 Å². The summed E-state index contributed by atoms with van der Waals surface area (Å²) in [5.74, 6) is -3.07. The number of benzene rings is 2. The fourth-order valence-corrected chi connectivity index (χ4v) is 1.74. The van der Waals surface area contributed by atoms with E-state index in [-0.39, 0.29) is 12.0 Å². The maximum absolute atomic E-state index is 11.9. The minimum atomic E-state index is -2.43. The number of carbonyl (C=O) groups excluding carboxylic acids is 1. The Morgan fingerprint density at radius 1 is 0.889 bits per heavy atom. The minimum absolute atomic E-state index is 0.0112. The minimum Gasteiger partial charge on any atom is -0.356 e. The molecule has 92 valence electrons. The SMILES string of the molecule is O=C(Cc1ccccc1)C(O)(O)c1ccccc1. The molecule has 2 rings (SSSR count). The number of aliphatic hydroxyl groups is 2. The zero-order chi connectivity index (χ0) is 13.0. The highest BCUT2D eigenvalue weighted by atomic mass is 16.5. The first kappa shape index (κ1) is 12.5. The zero-order valence-electron chi connectivity index (χ0n) is 9.78. The van der Waals surface area contributed by atoms with E-state index >= 15 is 0 Å². The van der Waals surface area contributed by atoms with Gasteiger partial charge < -0.3 is 10.2 Å². The maximum Gasteiger partial charge on any atom is 0.251 e. The van der Waals surface area contributed by atoms with E-state index in [1.807, 2.05) is 18.2 Å². The molecular weight excluding hydrogens is 228 g/mol. The molecule has 0 aliphatic carbocycles. The molecule has 0 fully saturated rings. The van der Waals surface area contributed by atoms with Gasteiger partial charge in [-0.25, -0.2) is 0 Å². The van der Waals surface area contributed by atoms with Crippen LogP contribution in [0.5, 0.6) is 0 Å². The summed E-state index contributed by atoms with van der Waals surface area (Å²) in [6.07, 6.45) is -0.0112. The van der Waals surface area contributed by atoms with Crippen LogP contribution in [0.25, 0.3) is 0 Å². The van der Waals surface area contributed by atoms with Crippen LogP contribution < -0.4 is 0 Å². The molecule has 0 saturated heterocycles. The Labute approximate surface area is 105 Å². The third-order valence-corrected chi connectivity index (χ3v) is 2.77. The first-order valence-corrected chi connectivity index (χ1v) is 5.68. The summed E-state index contributed by atoms with van der Waals surface area (Å²) in [6.45, 7) is 0. The van der Waals surface area contributed by atoms with Gasteiger partial charge in [-0.15, -0.1) is 0 Å². The van der Waals surface area contributed by atoms with Crippen LogP contribution in [0.2, 0.25) is 0 Å². The highest BCUT2D eigenvalue weighted by molar-refractivity contribution is 5.88. The van der Waals surface area contributed by atoms with Crippen LogP contribution in [0.1, 0.15) is 11.1 Å². The molecule has 2 aromatic rings. The van der Waals surface area contributed by atoms with Crippen molar-refractivity contribution in [3.05, 3.63) is 71.8 Å². The van der Waals surface area contributed by atoms with Crippen molar-refractivity contribution in [1.29, 1.82) is 0 Å². The van der Waals surface area contributed by atoms with Crippen molar-refractivity contribution in [2.24, 2.45) is 0 Å². The van der Waals surface area contributed by atoms with E-state index in [2.05, 4.69) is 0 Å². The van der Waals surface area contributed by atoms with E-state index in [1.54, 1.807) is 30.3 Å². The summed E-state index contributed by atoms with van der Waals surface area (Å²) in [5.41, 5.74) is 0.942. The molecule has 3 heteroatoms. The normalized spacial score (nSPS) is 11.2. The predicted octanol–water partition coefficient (Wildman–Crippen LogP) is 1.64. The van der Waals surface area contributed by atoms with Crippen LogP contribution in [0, 0.1) is 0 Å². The summed E-state index contributed by atoms with van der Waals surface area (Å²) < 4.78 is 0. The van der Waals surface area contributed by atoms with Crippen LogP contribution >= 0.6 is 0 Å². The average molecular weight is 242 g/mol. The van der Waals surface area contributed by atoms with Gasteiger partial charge in [0.2, 0.25) is 5.78 Å². The lowest BCUT2D eigenvalue weighted by molar-refractivity contribution is -0.186. The third-order valence-electron chi connectivity index (χ3n) is 2.77. The van der Waals surface area contributed by atoms with Gasteiger partial charge in [0.25, 0.3) is 5.79 Å². The molecule has 0 amide bonds. The van der Waals surface area contributed by atoms with Crippen molar-refractivity contribution in [3.8, 4) is 0 Å². The summed E-state index contributed by atoms with van der Waals surface area (Å²) in [4.78, 5) is 11.9. The van der Waals surface area contributed by atoms with Gasteiger partial charge in [0.1, 0.15) is 0 Å². The Morgan fingerprint density at radius 3 is 1.94 bits per heavy atom. The molecule has 2 aromatic carbocycles. The van der Waals surface area contributed by atoms with Gasteiger partial charge in [-0.05, 0) is 5.56 Å². The van der Waals surface area contributed by atoms with Crippen molar-refractivity contribution in [3.63, 3.8) is 0 Å². The topological polar surface area (TPSA) is 57.5 Å². The van der Waals surface area contributed by atoms with Crippen molar-refractivity contribution >= 4 is 5.78 Å². The first-order chi connectivity index (χ1) is 8.60. The molecule has 2 N–H and O–H groups in total. The van der Waals surface area contributed by atoms with Crippen molar-refractivity contribution < 1.29 is 15.0 Å². The van der Waals surface area contributed by atoms with Crippen LogP contribution in [-0.2, 0) is 17.0 Å². The third kappa shape index (κ3) is 2.64. The number of carbonyl (C=O) groups is 1. The molecule has 0 radical (unpaired) electrons. The Balaban J connectivity index is 2.18. The van der Waals surface area contributed by atoms with E-state index in [1.165, 1.54) is 12.1 Å². The molecule has 0 bridgehead atoms. The first-order valence-electron chi connectivity index (χ1n) is 5.68. The second-order valence-corrected chi connectivity index (χ2v) is 4.12. The zero-order valence-corrected chi connectivity index (χ0v) is 9.78. The van der Waals surface area contributed by atoms with Gasteiger partial charge in [0, 0.05) is 12.0 Å². The molecule has 0 unspecified atom stereocenters. The second-order valence-electron chi connectivity index (χ2n) is 4.12. The van der Waals surface area contributed by atoms with Crippen LogP contribution in [0.3, 0.4) is 0 Å². The molecule has 0 spiro atoms. The number of Topliss-reactive ketones (excluding diaryl/α,β-unsaturated/α-hetero) is 1. The fourth-order valence-electron chi connectivity index (χ4n) is 1.74. The number of hydrogen-bond acceptors (Lipinski definition) is 3. The van der Waals surface area contributed by atoms with Gasteiger partial charge in [-0.3, -0.25) is 4.79 Å². The Kier molecular flexibility index (Phi) is 3.55. The second kappa shape index (κ2) is 5.12. The lowest BCUT2D eigenvalue weighted by Crippen LogP contribution is -2.36. The predicted molar refractivity (Wildman–Crippen MR) is 67.7 cm³/mol. The lowest BCUT2D eigenvalue weighted by atomic mass is 9.97. The van der Waals surface area contributed by atoms with Gasteiger partial charge in [-0.2, -0.15) is 0 Å². The van der Waals surface area contributed by atoms with Crippen molar-refractivity contribution in [2.45, 2.75) is 12.2 Å². The Morgan fingerprint density at radius 2 is 1.39 bits per heavy atom. The molecule has 0 aliphatic rings. The molecule has 3 nitrogen and oxygen atoms in total. The number of hydrogen-bond donors (Lipinski definition) is 2. The molecule has 0 aliphatic heterocycles. The van der Waals surface area contributed by atoms with Gasteiger partial charge in [-0.1, -0.05) is 60.7 Å². The monoisotopic (exact) mass is 242 g/mol. The van der Waals surface area contributed by atoms with Gasteiger partial charge >= 0.3 is 0 Å². The average Bonchev–Trinajstić information content (AvgIpc) is 2.41. The molecule has 0 atom stereocenters. The van der Waals surface area contributed by atoms with E-state index in [0.717, 1.165) is 5.56 Å². The van der Waals surface area contributed by atoms with Crippen molar-refractivity contribution in [2.75, 3.05) is 0 Å². The van der Waals surface area contributed by atoms with E-state index in [9.17, 15) is 15.0 Å². The lowest BCUT2D eigenvalue weighted by Gasteiger charge is -2.20. The number of ketones is 1. The molecular formula is C15H14O3. The summed E-state index contributed by atoms with van der Waals surface area (Å²) in [5, 5.41) is 19.8. The summed E-state index contributed by atoms with van der Waals surface area (Å²) >= 11 is 0. The summed E-state index contributed by atoms with van der Waals surface area (Å²) in [7, 11) is 0. The largest absolute Gasteiger partial charge is 0.356 e. The molecule has 0 saturated carbocycles. The highest BCUT2D eigenvalue weighted by Crippen LogP contribution is 2.20. The summed E-state index contributed by atoms with van der Waals surface area (Å²) in [6, 6.07) is 17.1. The number of rotatable bonds is 4. The van der Waals surface area contributed by atoms with Crippen LogP contribution in [0.4, 0.5) is 0 Å². The Bertz CT molecular complexity index is 518. The molecule has 18 heavy (non-hydrogen) atoms. The Hall–Kier alpha value is -1.97. The van der Waals surface area contributed by atoms with Gasteiger partial charge in [0.15, 0.2) is 0 Å². The van der Waals surface area contributed by atoms with Crippen LogP contribution in [0.15, 0.2) is 60.7 Å². The maximum atomic E-state index is 11.9. The van der Waals surface area contributed by atoms with E-state index < -0.39 is 11.6 Å². The van der Waals surface area contributed by atoms with Crippen molar-refractivity contribution in [1.82, 2.24) is 0 Å². The fraction of sp³-hybridized carbons (Fsp3) is 0.133. The van der Waals surface area contributed by atoms with E-state index in [0.29, 0.717) is 0 Å². The molecule has 0 aromatic heterocycles. The smallest absolute Gasteiger partial charge is 0.251 e. The van der Waals surface area contributed by atoms with Gasteiger partial charge in [0.05, 0.1) is 0 Å². The highest BCUT2D eigenvalue weighted by Gasteiger charge is 2.34. The van der Waals surface area contributed by atoms with Crippen LogP contribution in [-0.4, -0.2) is 16.0 Å². The standard InChI is InChI=1S/C15H14O3/c16-14(11-12-7-3-1-4-8-12)15(17,18)13-9-5-2-6-10-13/h1-10,17-18H,11H2. The molecule has 0 heterocycles. The quantitative estimate of drug-likeness (QED) is 0.801.